The molecule has 4 heteroatoms. The van der Waals surface area contributed by atoms with Gasteiger partial charge < -0.3 is 15.2 Å². The summed E-state index contributed by atoms with van der Waals surface area (Å²) in [5.41, 5.74) is 0.864. The SMILES string of the molecule is CCC(O)COc1ccc(CNC)cc1F. The van der Waals surface area contributed by atoms with E-state index in [0.29, 0.717) is 13.0 Å². The molecule has 1 aromatic carbocycles. The predicted molar refractivity (Wildman–Crippen MR) is 61.0 cm³/mol. The summed E-state index contributed by atoms with van der Waals surface area (Å²) in [4.78, 5) is 0. The second kappa shape index (κ2) is 6.45. The summed E-state index contributed by atoms with van der Waals surface area (Å²) in [6.45, 7) is 2.59. The normalized spacial score (nSPS) is 12.5. The van der Waals surface area contributed by atoms with E-state index in [4.69, 9.17) is 4.74 Å². The fraction of sp³-hybridized carbons (Fsp3) is 0.500. The third kappa shape index (κ3) is 3.79. The summed E-state index contributed by atoms with van der Waals surface area (Å²) in [6.07, 6.45) is 0.0517. The van der Waals surface area contributed by atoms with Crippen molar-refractivity contribution in [2.24, 2.45) is 0 Å². The van der Waals surface area contributed by atoms with Crippen LogP contribution in [0.5, 0.6) is 5.75 Å². The van der Waals surface area contributed by atoms with Crippen LogP contribution in [0.2, 0.25) is 0 Å². The third-order valence-electron chi connectivity index (χ3n) is 2.28. The zero-order valence-electron chi connectivity index (χ0n) is 9.66. The van der Waals surface area contributed by atoms with Crippen LogP contribution in [0.25, 0.3) is 0 Å². The molecule has 1 unspecified atom stereocenters. The average Bonchev–Trinajstić information content (AvgIpc) is 2.28. The Bertz CT molecular complexity index is 331. The molecule has 1 atom stereocenters. The van der Waals surface area contributed by atoms with E-state index in [1.54, 1.807) is 19.2 Å². The molecule has 2 N–H and O–H groups in total. The number of aliphatic hydroxyl groups excluding tert-OH is 1. The van der Waals surface area contributed by atoms with Gasteiger partial charge >= 0.3 is 0 Å². The lowest BCUT2D eigenvalue weighted by atomic mass is 10.2. The van der Waals surface area contributed by atoms with Gasteiger partial charge in [-0.15, -0.1) is 0 Å². The molecule has 3 nitrogen and oxygen atoms in total. The highest BCUT2D eigenvalue weighted by Gasteiger charge is 2.07. The number of hydrogen-bond acceptors (Lipinski definition) is 3. The van der Waals surface area contributed by atoms with E-state index < -0.39 is 11.9 Å². The fourth-order valence-electron chi connectivity index (χ4n) is 1.28. The Hall–Kier alpha value is -1.13. The Kier molecular flexibility index (Phi) is 5.22. The molecule has 0 aliphatic rings. The van der Waals surface area contributed by atoms with Crippen LogP contribution < -0.4 is 10.1 Å². The molecular formula is C12H18FNO2. The highest BCUT2D eigenvalue weighted by atomic mass is 19.1. The molecule has 0 aliphatic heterocycles. The molecule has 0 radical (unpaired) electrons. The highest BCUT2D eigenvalue weighted by Crippen LogP contribution is 2.18. The molecule has 0 saturated heterocycles. The third-order valence-corrected chi connectivity index (χ3v) is 2.28. The first-order chi connectivity index (χ1) is 7.67. The minimum absolute atomic E-state index is 0.124. The van der Waals surface area contributed by atoms with Gasteiger partial charge in [0.05, 0.1) is 6.10 Å². The van der Waals surface area contributed by atoms with Gasteiger partial charge in [0.1, 0.15) is 6.61 Å². The standard InChI is InChI=1S/C12H18FNO2/c1-3-10(15)8-16-12-5-4-9(7-14-2)6-11(12)13/h4-6,10,14-15H,3,7-8H2,1-2H3. The fourth-order valence-corrected chi connectivity index (χ4v) is 1.28. The molecular weight excluding hydrogens is 209 g/mol. The molecule has 0 aromatic heterocycles. The summed E-state index contributed by atoms with van der Waals surface area (Å²) in [5.74, 6) is -0.205. The van der Waals surface area contributed by atoms with Crippen LogP contribution in [-0.4, -0.2) is 24.9 Å². The van der Waals surface area contributed by atoms with Crippen molar-refractivity contribution in [1.29, 1.82) is 0 Å². The number of hydrogen-bond donors (Lipinski definition) is 2. The molecule has 0 heterocycles. The molecule has 0 fully saturated rings. The van der Waals surface area contributed by atoms with Gasteiger partial charge in [0.25, 0.3) is 0 Å². The number of benzene rings is 1. The topological polar surface area (TPSA) is 41.5 Å². The van der Waals surface area contributed by atoms with E-state index in [0.717, 1.165) is 5.56 Å². The highest BCUT2D eigenvalue weighted by molar-refractivity contribution is 5.29. The molecule has 1 rings (SSSR count). The largest absolute Gasteiger partial charge is 0.488 e. The molecule has 0 aliphatic carbocycles. The van der Waals surface area contributed by atoms with E-state index in [-0.39, 0.29) is 12.4 Å². The van der Waals surface area contributed by atoms with Crippen LogP contribution in [0.15, 0.2) is 18.2 Å². The van der Waals surface area contributed by atoms with Crippen molar-refractivity contribution in [3.8, 4) is 5.75 Å². The van der Waals surface area contributed by atoms with Crippen LogP contribution in [-0.2, 0) is 6.54 Å². The minimum Gasteiger partial charge on any atom is -0.488 e. The quantitative estimate of drug-likeness (QED) is 0.777. The molecule has 16 heavy (non-hydrogen) atoms. The zero-order chi connectivity index (χ0) is 12.0. The van der Waals surface area contributed by atoms with Gasteiger partial charge in [-0.3, -0.25) is 0 Å². The van der Waals surface area contributed by atoms with Gasteiger partial charge in [-0.25, -0.2) is 4.39 Å². The maximum Gasteiger partial charge on any atom is 0.165 e. The Morgan fingerprint density at radius 1 is 1.50 bits per heavy atom. The molecule has 0 spiro atoms. The number of nitrogens with one attached hydrogen (secondary N) is 1. The van der Waals surface area contributed by atoms with Gasteiger partial charge in [-0.2, -0.15) is 0 Å². The van der Waals surface area contributed by atoms with E-state index in [2.05, 4.69) is 5.32 Å². The number of ether oxygens (including phenoxy) is 1. The molecule has 1 aromatic rings. The first-order valence-electron chi connectivity index (χ1n) is 5.41. The summed E-state index contributed by atoms with van der Waals surface area (Å²) in [5, 5.41) is 12.2. The van der Waals surface area contributed by atoms with Crippen molar-refractivity contribution in [2.75, 3.05) is 13.7 Å². The van der Waals surface area contributed by atoms with Crippen LogP contribution >= 0.6 is 0 Å². The van der Waals surface area contributed by atoms with Crippen molar-refractivity contribution in [1.82, 2.24) is 5.32 Å². The van der Waals surface area contributed by atoms with Crippen molar-refractivity contribution in [3.63, 3.8) is 0 Å². The number of rotatable bonds is 6. The lowest BCUT2D eigenvalue weighted by molar-refractivity contribution is 0.102. The maximum atomic E-state index is 13.5. The van der Waals surface area contributed by atoms with Gasteiger partial charge in [0, 0.05) is 6.54 Å². The van der Waals surface area contributed by atoms with Crippen molar-refractivity contribution in [2.45, 2.75) is 26.0 Å². The van der Waals surface area contributed by atoms with Gasteiger partial charge in [0.2, 0.25) is 0 Å². The predicted octanol–water partition coefficient (Wildman–Crippen LogP) is 1.69. The Balaban J connectivity index is 2.60. The zero-order valence-corrected chi connectivity index (χ0v) is 9.66. The monoisotopic (exact) mass is 227 g/mol. The lowest BCUT2D eigenvalue weighted by Gasteiger charge is -2.11. The first kappa shape index (κ1) is 12.9. The summed E-state index contributed by atoms with van der Waals surface area (Å²) < 4.78 is 18.7. The molecule has 90 valence electrons. The minimum atomic E-state index is -0.545. The van der Waals surface area contributed by atoms with Crippen LogP contribution in [0.1, 0.15) is 18.9 Å². The smallest absolute Gasteiger partial charge is 0.165 e. The Morgan fingerprint density at radius 3 is 2.81 bits per heavy atom. The number of aliphatic hydroxyl groups is 1. The van der Waals surface area contributed by atoms with E-state index >= 15 is 0 Å². The Labute approximate surface area is 95.2 Å². The van der Waals surface area contributed by atoms with Gasteiger partial charge in [0.15, 0.2) is 11.6 Å². The summed E-state index contributed by atoms with van der Waals surface area (Å²) >= 11 is 0. The Morgan fingerprint density at radius 2 is 2.25 bits per heavy atom. The van der Waals surface area contributed by atoms with Gasteiger partial charge in [-0.05, 0) is 31.2 Å². The van der Waals surface area contributed by atoms with Crippen LogP contribution in [0.3, 0.4) is 0 Å². The second-order valence-corrected chi connectivity index (χ2v) is 3.67. The van der Waals surface area contributed by atoms with Crippen LogP contribution in [0, 0.1) is 5.82 Å². The van der Waals surface area contributed by atoms with Crippen LogP contribution in [0.4, 0.5) is 4.39 Å². The van der Waals surface area contributed by atoms with E-state index in [1.165, 1.54) is 6.07 Å². The number of halogens is 1. The maximum absolute atomic E-state index is 13.5. The summed E-state index contributed by atoms with van der Waals surface area (Å²) in [6, 6.07) is 4.82. The average molecular weight is 227 g/mol. The lowest BCUT2D eigenvalue weighted by Crippen LogP contribution is -2.16. The molecule has 0 amide bonds. The van der Waals surface area contributed by atoms with Crippen molar-refractivity contribution < 1.29 is 14.2 Å². The van der Waals surface area contributed by atoms with Crippen molar-refractivity contribution >= 4 is 0 Å². The van der Waals surface area contributed by atoms with Gasteiger partial charge in [-0.1, -0.05) is 13.0 Å². The van der Waals surface area contributed by atoms with E-state index in [1.807, 2.05) is 6.92 Å². The molecule has 0 bridgehead atoms. The molecule has 0 saturated carbocycles. The van der Waals surface area contributed by atoms with E-state index in [9.17, 15) is 9.50 Å². The first-order valence-corrected chi connectivity index (χ1v) is 5.41. The van der Waals surface area contributed by atoms with Crippen molar-refractivity contribution in [3.05, 3.63) is 29.6 Å². The second-order valence-electron chi connectivity index (χ2n) is 3.67. The summed E-state index contributed by atoms with van der Waals surface area (Å²) in [7, 11) is 1.81.